The smallest absolute Gasteiger partial charge is 0.335 e. The van der Waals surface area contributed by atoms with Gasteiger partial charge in [-0.1, -0.05) is 57.4 Å². The van der Waals surface area contributed by atoms with Gasteiger partial charge in [0.15, 0.2) is 0 Å². The molecule has 34 heavy (non-hydrogen) atoms. The number of anilines is 1. The van der Waals surface area contributed by atoms with Crippen LogP contribution in [0.1, 0.15) is 16.7 Å². The molecule has 4 amide bonds. The molecule has 9 heteroatoms. The van der Waals surface area contributed by atoms with Crippen LogP contribution in [0.3, 0.4) is 0 Å². The fraction of sp³-hybridized carbons (Fsp3) is 0.0800. The van der Waals surface area contributed by atoms with Crippen LogP contribution in [0.4, 0.5) is 10.5 Å². The predicted molar refractivity (Wildman–Crippen MR) is 138 cm³/mol. The number of aryl methyl sites for hydroxylation is 1. The molecule has 4 rings (SSSR count). The number of imide groups is 2. The van der Waals surface area contributed by atoms with Gasteiger partial charge in [0, 0.05) is 15.1 Å². The Kier molecular flexibility index (Phi) is 7.21. The maximum atomic E-state index is 13.2. The molecule has 0 saturated carbocycles. The maximum Gasteiger partial charge on any atom is 0.335 e. The second-order valence-electron chi connectivity index (χ2n) is 7.51. The molecule has 0 bridgehead atoms. The summed E-state index contributed by atoms with van der Waals surface area (Å²) in [7, 11) is 0. The van der Waals surface area contributed by atoms with E-state index in [1.807, 2.05) is 31.2 Å². The van der Waals surface area contributed by atoms with Gasteiger partial charge in [-0.3, -0.25) is 14.9 Å². The van der Waals surface area contributed by atoms with E-state index in [4.69, 9.17) is 16.3 Å². The maximum absolute atomic E-state index is 13.2. The lowest BCUT2D eigenvalue weighted by Gasteiger charge is -2.26. The van der Waals surface area contributed by atoms with Crippen molar-refractivity contribution in [3.05, 3.63) is 96.9 Å². The summed E-state index contributed by atoms with van der Waals surface area (Å²) in [5.74, 6) is -1.09. The third kappa shape index (κ3) is 5.24. The van der Waals surface area contributed by atoms with Crippen LogP contribution in [-0.2, 0) is 16.2 Å². The first-order chi connectivity index (χ1) is 16.2. The molecule has 6 nitrogen and oxygen atoms in total. The molecule has 0 aliphatic carbocycles. The highest BCUT2D eigenvalue weighted by Crippen LogP contribution is 2.35. The lowest BCUT2D eigenvalue weighted by atomic mass is 10.1. The average molecular weight is 605 g/mol. The SMILES string of the molecule is Cc1ccc(COc2c(Br)cc(Br)cc2/C=C2\C(=O)NC(=O)N(c3ccc(Cl)cc3)C2=O)cc1. The van der Waals surface area contributed by atoms with Gasteiger partial charge >= 0.3 is 6.03 Å². The number of amides is 4. The first-order valence-corrected chi connectivity index (χ1v) is 12.0. The number of urea groups is 1. The lowest BCUT2D eigenvalue weighted by Crippen LogP contribution is -2.54. The normalized spacial score (nSPS) is 15.0. The molecule has 1 heterocycles. The van der Waals surface area contributed by atoms with Crippen molar-refractivity contribution >= 4 is 73.1 Å². The number of benzene rings is 3. The van der Waals surface area contributed by atoms with Gasteiger partial charge in [0.2, 0.25) is 0 Å². The number of carbonyl (C=O) groups is 3. The number of nitrogens with one attached hydrogen (secondary N) is 1. The topological polar surface area (TPSA) is 75.7 Å². The first kappa shape index (κ1) is 24.2. The van der Waals surface area contributed by atoms with Crippen molar-refractivity contribution in [2.75, 3.05) is 4.90 Å². The molecule has 0 radical (unpaired) electrons. The number of barbiturate groups is 1. The third-order valence-electron chi connectivity index (χ3n) is 5.03. The standard InChI is InChI=1S/C25H17Br2ClN2O4/c1-14-2-4-15(5-3-14)13-34-22-16(10-17(26)12-21(22)27)11-20-23(31)29-25(33)30(24(20)32)19-8-6-18(28)7-9-19/h2-12H,13H2,1H3,(H,29,31,33)/b20-11+. The van der Waals surface area contributed by atoms with E-state index in [0.29, 0.717) is 25.3 Å². The number of hydrogen-bond donors (Lipinski definition) is 1. The summed E-state index contributed by atoms with van der Waals surface area (Å²) in [5.41, 5.74) is 2.67. The van der Waals surface area contributed by atoms with E-state index in [9.17, 15) is 14.4 Å². The summed E-state index contributed by atoms with van der Waals surface area (Å²) in [5, 5.41) is 2.67. The Morgan fingerprint density at radius 2 is 1.68 bits per heavy atom. The zero-order chi connectivity index (χ0) is 24.4. The minimum Gasteiger partial charge on any atom is -0.487 e. The largest absolute Gasteiger partial charge is 0.487 e. The molecule has 0 spiro atoms. The minimum atomic E-state index is -0.833. The van der Waals surface area contributed by atoms with Gasteiger partial charge in [0.1, 0.15) is 17.9 Å². The summed E-state index contributed by atoms with van der Waals surface area (Å²) < 4.78 is 7.40. The molecule has 1 aliphatic rings. The van der Waals surface area contributed by atoms with Gasteiger partial charge in [-0.05, 0) is 70.9 Å². The molecule has 0 aromatic heterocycles. The Balaban J connectivity index is 1.70. The van der Waals surface area contributed by atoms with Crippen molar-refractivity contribution in [3.8, 4) is 5.75 Å². The molecule has 0 atom stereocenters. The Morgan fingerprint density at radius 3 is 2.35 bits per heavy atom. The van der Waals surface area contributed by atoms with Crippen molar-refractivity contribution < 1.29 is 19.1 Å². The summed E-state index contributed by atoms with van der Waals surface area (Å²) in [6.07, 6.45) is 1.41. The van der Waals surface area contributed by atoms with E-state index in [1.165, 1.54) is 18.2 Å². The number of carbonyl (C=O) groups excluding carboxylic acids is 3. The molecule has 3 aromatic rings. The molecule has 1 fully saturated rings. The van der Waals surface area contributed by atoms with Crippen molar-refractivity contribution in [2.45, 2.75) is 13.5 Å². The Labute approximate surface area is 217 Å². The van der Waals surface area contributed by atoms with Crippen LogP contribution in [-0.4, -0.2) is 17.8 Å². The zero-order valence-electron chi connectivity index (χ0n) is 17.8. The van der Waals surface area contributed by atoms with Crippen LogP contribution in [0, 0.1) is 6.92 Å². The van der Waals surface area contributed by atoms with Crippen molar-refractivity contribution in [1.82, 2.24) is 5.32 Å². The van der Waals surface area contributed by atoms with Gasteiger partial charge in [-0.2, -0.15) is 0 Å². The molecule has 1 N–H and O–H groups in total. The molecular weight excluding hydrogens is 588 g/mol. The highest BCUT2D eigenvalue weighted by Gasteiger charge is 2.37. The number of nitrogens with zero attached hydrogens (tertiary/aromatic N) is 1. The van der Waals surface area contributed by atoms with Gasteiger partial charge in [-0.15, -0.1) is 0 Å². The van der Waals surface area contributed by atoms with E-state index in [-0.39, 0.29) is 17.9 Å². The number of halogens is 3. The van der Waals surface area contributed by atoms with Crippen molar-refractivity contribution in [2.24, 2.45) is 0 Å². The fourth-order valence-corrected chi connectivity index (χ4v) is 4.82. The number of ether oxygens (including phenoxy) is 1. The highest BCUT2D eigenvalue weighted by molar-refractivity contribution is 9.11. The molecule has 1 saturated heterocycles. The van der Waals surface area contributed by atoms with Crippen molar-refractivity contribution in [1.29, 1.82) is 0 Å². The van der Waals surface area contributed by atoms with E-state index < -0.39 is 17.8 Å². The number of rotatable bonds is 5. The molecule has 0 unspecified atom stereocenters. The summed E-state index contributed by atoms with van der Waals surface area (Å²) >= 11 is 12.8. The van der Waals surface area contributed by atoms with Gasteiger partial charge < -0.3 is 4.74 Å². The van der Waals surface area contributed by atoms with Crippen LogP contribution in [0.2, 0.25) is 5.02 Å². The third-order valence-corrected chi connectivity index (χ3v) is 6.33. The lowest BCUT2D eigenvalue weighted by molar-refractivity contribution is -0.122. The van der Waals surface area contributed by atoms with Gasteiger partial charge in [0.05, 0.1) is 10.2 Å². The molecular formula is C25H17Br2ClN2O4. The molecule has 1 aliphatic heterocycles. The van der Waals surface area contributed by atoms with Crippen LogP contribution in [0.25, 0.3) is 6.08 Å². The molecule has 172 valence electrons. The first-order valence-electron chi connectivity index (χ1n) is 10.1. The van der Waals surface area contributed by atoms with Crippen molar-refractivity contribution in [3.63, 3.8) is 0 Å². The van der Waals surface area contributed by atoms with Gasteiger partial charge in [0.25, 0.3) is 11.8 Å². The second-order valence-corrected chi connectivity index (χ2v) is 9.72. The Bertz CT molecular complexity index is 1320. The Hall–Kier alpha value is -2.94. The Morgan fingerprint density at radius 1 is 1.00 bits per heavy atom. The van der Waals surface area contributed by atoms with E-state index >= 15 is 0 Å². The van der Waals surface area contributed by atoms with E-state index in [2.05, 4.69) is 37.2 Å². The van der Waals surface area contributed by atoms with Crippen LogP contribution < -0.4 is 15.0 Å². The average Bonchev–Trinajstić information content (AvgIpc) is 2.78. The van der Waals surface area contributed by atoms with Gasteiger partial charge in [-0.25, -0.2) is 9.69 Å². The second kappa shape index (κ2) is 10.1. The molecule has 3 aromatic carbocycles. The predicted octanol–water partition coefficient (Wildman–Crippen LogP) is 6.42. The summed E-state index contributed by atoms with van der Waals surface area (Å²) in [6, 6.07) is 16.8. The van der Waals surface area contributed by atoms with Crippen LogP contribution in [0.15, 0.2) is 75.2 Å². The monoisotopic (exact) mass is 602 g/mol. The minimum absolute atomic E-state index is 0.209. The quantitative estimate of drug-likeness (QED) is 0.270. The van der Waals surface area contributed by atoms with Crippen LogP contribution >= 0.6 is 43.5 Å². The van der Waals surface area contributed by atoms with E-state index in [1.54, 1.807) is 24.3 Å². The zero-order valence-corrected chi connectivity index (χ0v) is 21.7. The van der Waals surface area contributed by atoms with Crippen LogP contribution in [0.5, 0.6) is 5.75 Å². The summed E-state index contributed by atoms with van der Waals surface area (Å²) in [4.78, 5) is 39.1. The number of hydrogen-bond acceptors (Lipinski definition) is 4. The fourth-order valence-electron chi connectivity index (χ4n) is 3.32. The summed E-state index contributed by atoms with van der Waals surface area (Å²) in [6.45, 7) is 2.29. The van der Waals surface area contributed by atoms with E-state index in [0.717, 1.165) is 16.0 Å². The highest BCUT2D eigenvalue weighted by atomic mass is 79.9.